The molecule has 3 unspecified atom stereocenters. The Balaban J connectivity index is 2.29. The van der Waals surface area contributed by atoms with Crippen LogP contribution in [0.15, 0.2) is 24.3 Å². The molecular formula is C15H22O2. The lowest BCUT2D eigenvalue weighted by Gasteiger charge is -2.52. The van der Waals surface area contributed by atoms with Gasteiger partial charge in [0.1, 0.15) is 5.75 Å². The Morgan fingerprint density at radius 1 is 1.35 bits per heavy atom. The van der Waals surface area contributed by atoms with Gasteiger partial charge >= 0.3 is 0 Å². The Hall–Kier alpha value is -1.02. The fourth-order valence-electron chi connectivity index (χ4n) is 2.85. The minimum Gasteiger partial charge on any atom is -0.494 e. The van der Waals surface area contributed by atoms with Crippen LogP contribution in [0.5, 0.6) is 5.75 Å². The van der Waals surface area contributed by atoms with Gasteiger partial charge in [0.05, 0.1) is 12.7 Å². The summed E-state index contributed by atoms with van der Waals surface area (Å²) >= 11 is 0. The van der Waals surface area contributed by atoms with Crippen LogP contribution >= 0.6 is 0 Å². The van der Waals surface area contributed by atoms with Crippen molar-refractivity contribution < 1.29 is 9.84 Å². The summed E-state index contributed by atoms with van der Waals surface area (Å²) in [7, 11) is 0. The van der Waals surface area contributed by atoms with Crippen molar-refractivity contribution in [2.45, 2.75) is 45.6 Å². The van der Waals surface area contributed by atoms with Crippen molar-refractivity contribution in [1.82, 2.24) is 0 Å². The molecule has 0 aliphatic heterocycles. The third-order valence-corrected chi connectivity index (χ3v) is 4.37. The maximum atomic E-state index is 9.98. The molecule has 0 radical (unpaired) electrons. The predicted molar refractivity (Wildman–Crippen MR) is 69.4 cm³/mol. The van der Waals surface area contributed by atoms with Crippen LogP contribution in [0, 0.1) is 5.41 Å². The van der Waals surface area contributed by atoms with Gasteiger partial charge in [-0.05, 0) is 37.3 Å². The number of aliphatic hydroxyl groups is 1. The molecule has 0 heterocycles. The van der Waals surface area contributed by atoms with Crippen LogP contribution in [0.3, 0.4) is 0 Å². The molecule has 94 valence electrons. The van der Waals surface area contributed by atoms with Gasteiger partial charge in [0.2, 0.25) is 0 Å². The van der Waals surface area contributed by atoms with Gasteiger partial charge in [0.15, 0.2) is 0 Å². The van der Waals surface area contributed by atoms with Crippen LogP contribution in [0.4, 0.5) is 0 Å². The first-order chi connectivity index (χ1) is 8.13. The molecule has 2 nitrogen and oxygen atoms in total. The molecule has 2 rings (SSSR count). The van der Waals surface area contributed by atoms with E-state index in [-0.39, 0.29) is 11.5 Å². The van der Waals surface area contributed by atoms with Gasteiger partial charge in [-0.3, -0.25) is 0 Å². The van der Waals surface area contributed by atoms with E-state index in [1.807, 2.05) is 19.1 Å². The van der Waals surface area contributed by atoms with Crippen molar-refractivity contribution >= 4 is 0 Å². The number of ether oxygens (including phenoxy) is 1. The summed E-state index contributed by atoms with van der Waals surface area (Å²) < 4.78 is 5.69. The molecular weight excluding hydrogens is 212 g/mol. The summed E-state index contributed by atoms with van der Waals surface area (Å²) in [6.45, 7) is 7.02. The summed E-state index contributed by atoms with van der Waals surface area (Å²) in [5.41, 5.74) is 1.26. The predicted octanol–water partition coefficient (Wildman–Crippen LogP) is 3.35. The summed E-state index contributed by atoms with van der Waals surface area (Å²) in [5, 5.41) is 9.98. The molecule has 2 heteroatoms. The highest BCUT2D eigenvalue weighted by molar-refractivity contribution is 5.39. The molecule has 1 N–H and O–H groups in total. The van der Waals surface area contributed by atoms with E-state index in [1.54, 1.807) is 0 Å². The number of hydrogen-bond acceptors (Lipinski definition) is 2. The van der Waals surface area contributed by atoms with E-state index in [0.717, 1.165) is 18.6 Å². The minimum atomic E-state index is -0.174. The van der Waals surface area contributed by atoms with Gasteiger partial charge < -0.3 is 9.84 Å². The third kappa shape index (κ3) is 1.95. The molecule has 3 atom stereocenters. The van der Waals surface area contributed by atoms with E-state index in [2.05, 4.69) is 26.0 Å². The summed E-state index contributed by atoms with van der Waals surface area (Å²) in [6.07, 6.45) is 1.68. The average Bonchev–Trinajstić information content (AvgIpc) is 2.36. The molecule has 0 bridgehead atoms. The molecule has 0 spiro atoms. The molecule has 1 saturated carbocycles. The fraction of sp³-hybridized carbons (Fsp3) is 0.600. The van der Waals surface area contributed by atoms with Gasteiger partial charge in [-0.25, -0.2) is 0 Å². The maximum Gasteiger partial charge on any atom is 0.122 e. The van der Waals surface area contributed by atoms with Gasteiger partial charge in [-0.15, -0.1) is 0 Å². The second kappa shape index (κ2) is 4.69. The first-order valence-electron chi connectivity index (χ1n) is 6.53. The Kier molecular flexibility index (Phi) is 3.43. The molecule has 1 aromatic carbocycles. The number of benzene rings is 1. The van der Waals surface area contributed by atoms with Crippen molar-refractivity contribution in [2.75, 3.05) is 6.61 Å². The van der Waals surface area contributed by atoms with Crippen molar-refractivity contribution in [3.63, 3.8) is 0 Å². The van der Waals surface area contributed by atoms with Gasteiger partial charge in [0, 0.05) is 5.41 Å². The zero-order valence-corrected chi connectivity index (χ0v) is 10.9. The van der Waals surface area contributed by atoms with E-state index in [1.165, 1.54) is 5.56 Å². The Labute approximate surface area is 104 Å². The molecule has 0 aromatic heterocycles. The van der Waals surface area contributed by atoms with Crippen LogP contribution in [0.25, 0.3) is 0 Å². The molecule has 1 aliphatic rings. The van der Waals surface area contributed by atoms with Crippen LogP contribution in [0.1, 0.15) is 45.1 Å². The molecule has 1 aromatic rings. The summed E-state index contributed by atoms with van der Waals surface area (Å²) in [4.78, 5) is 0. The average molecular weight is 234 g/mol. The smallest absolute Gasteiger partial charge is 0.122 e. The summed E-state index contributed by atoms with van der Waals surface area (Å²) in [6, 6.07) is 8.22. The van der Waals surface area contributed by atoms with Crippen molar-refractivity contribution in [3.8, 4) is 5.75 Å². The van der Waals surface area contributed by atoms with Crippen molar-refractivity contribution in [2.24, 2.45) is 5.41 Å². The lowest BCUT2D eigenvalue weighted by molar-refractivity contribution is -0.0783. The van der Waals surface area contributed by atoms with E-state index in [0.29, 0.717) is 12.5 Å². The van der Waals surface area contributed by atoms with E-state index < -0.39 is 0 Å². The largest absolute Gasteiger partial charge is 0.494 e. The highest BCUT2D eigenvalue weighted by Gasteiger charge is 2.50. The Morgan fingerprint density at radius 2 is 2.06 bits per heavy atom. The zero-order chi connectivity index (χ0) is 12.5. The van der Waals surface area contributed by atoms with Crippen LogP contribution in [-0.4, -0.2) is 17.8 Å². The molecule has 0 amide bonds. The van der Waals surface area contributed by atoms with Crippen LogP contribution in [-0.2, 0) is 0 Å². The number of para-hydroxylation sites is 1. The van der Waals surface area contributed by atoms with E-state index >= 15 is 0 Å². The van der Waals surface area contributed by atoms with Crippen LogP contribution < -0.4 is 4.74 Å². The topological polar surface area (TPSA) is 29.5 Å². The maximum absolute atomic E-state index is 9.98. The highest BCUT2D eigenvalue weighted by Crippen LogP contribution is 2.56. The van der Waals surface area contributed by atoms with Crippen molar-refractivity contribution in [1.29, 1.82) is 0 Å². The van der Waals surface area contributed by atoms with Gasteiger partial charge in [-0.1, -0.05) is 32.0 Å². The minimum absolute atomic E-state index is 0.00715. The third-order valence-electron chi connectivity index (χ3n) is 4.37. The molecule has 1 fully saturated rings. The second-order valence-corrected chi connectivity index (χ2v) is 5.13. The van der Waals surface area contributed by atoms with Crippen molar-refractivity contribution in [3.05, 3.63) is 29.8 Å². The molecule has 1 aliphatic carbocycles. The number of rotatable bonds is 4. The normalized spacial score (nSPS) is 32.0. The lowest BCUT2D eigenvalue weighted by atomic mass is 9.55. The summed E-state index contributed by atoms with van der Waals surface area (Å²) in [5.74, 6) is 1.40. The van der Waals surface area contributed by atoms with Gasteiger partial charge in [0.25, 0.3) is 0 Å². The zero-order valence-electron chi connectivity index (χ0n) is 10.9. The Morgan fingerprint density at radius 3 is 2.65 bits per heavy atom. The molecule has 17 heavy (non-hydrogen) atoms. The fourth-order valence-corrected chi connectivity index (χ4v) is 2.85. The van der Waals surface area contributed by atoms with E-state index in [4.69, 9.17) is 4.74 Å². The number of aliphatic hydroxyl groups excluding tert-OH is 1. The lowest BCUT2D eigenvalue weighted by Crippen LogP contribution is -2.49. The number of hydrogen-bond donors (Lipinski definition) is 1. The SMILES string of the molecule is CCOc1ccccc1C1CC(O)C1(C)CC. The van der Waals surface area contributed by atoms with Gasteiger partial charge in [-0.2, -0.15) is 0 Å². The Bertz CT molecular complexity index is 388. The first kappa shape index (κ1) is 12.4. The second-order valence-electron chi connectivity index (χ2n) is 5.13. The highest BCUT2D eigenvalue weighted by atomic mass is 16.5. The van der Waals surface area contributed by atoms with Crippen LogP contribution in [0.2, 0.25) is 0 Å². The first-order valence-corrected chi connectivity index (χ1v) is 6.53. The quantitative estimate of drug-likeness (QED) is 0.865. The monoisotopic (exact) mass is 234 g/mol. The molecule has 0 saturated heterocycles. The van der Waals surface area contributed by atoms with E-state index in [9.17, 15) is 5.11 Å². The standard InChI is InChI=1S/C15H22O2/c1-4-15(3)12(10-14(15)16)11-8-6-7-9-13(11)17-5-2/h6-9,12,14,16H,4-5,10H2,1-3H3.